The van der Waals surface area contributed by atoms with Gasteiger partial charge in [-0.25, -0.2) is 0 Å². The molecule has 4 aromatic carbocycles. The average Bonchev–Trinajstić information content (AvgIpc) is 3.01. The number of thioether (sulfide) groups is 1. The van der Waals surface area contributed by atoms with Crippen molar-refractivity contribution in [2.45, 2.75) is 31.6 Å². The minimum absolute atomic E-state index is 0.0573. The van der Waals surface area contributed by atoms with E-state index in [-0.39, 0.29) is 17.4 Å². The molecule has 0 atom stereocenters. The smallest absolute Gasteiger partial charge is 0.272 e. The maximum Gasteiger partial charge on any atom is 0.272 e. The van der Waals surface area contributed by atoms with Crippen LogP contribution in [-0.2, 0) is 9.59 Å². The zero-order valence-electron chi connectivity index (χ0n) is 24.4. The highest BCUT2D eigenvalue weighted by molar-refractivity contribution is 8.00. The summed E-state index contributed by atoms with van der Waals surface area (Å²) in [7, 11) is 0. The lowest BCUT2D eigenvalue weighted by molar-refractivity contribution is -0.114. The van der Waals surface area contributed by atoms with Crippen molar-refractivity contribution in [3.8, 4) is 5.75 Å². The van der Waals surface area contributed by atoms with Crippen molar-refractivity contribution in [3.05, 3.63) is 126 Å². The number of hydrogen-bond donors (Lipinski definition) is 3. The lowest BCUT2D eigenvalue weighted by Crippen LogP contribution is -2.30. The van der Waals surface area contributed by atoms with Crippen LogP contribution in [0, 0.1) is 0 Å². The van der Waals surface area contributed by atoms with E-state index >= 15 is 0 Å². The summed E-state index contributed by atoms with van der Waals surface area (Å²) >= 11 is 1.36. The van der Waals surface area contributed by atoms with E-state index in [2.05, 4.69) is 29.8 Å². The molecule has 0 fully saturated rings. The molecule has 3 amide bonds. The lowest BCUT2D eigenvalue weighted by Gasteiger charge is -2.13. The molecule has 43 heavy (non-hydrogen) atoms. The van der Waals surface area contributed by atoms with Crippen LogP contribution in [0.25, 0.3) is 6.08 Å². The molecule has 0 radical (unpaired) electrons. The van der Waals surface area contributed by atoms with Gasteiger partial charge in [0, 0.05) is 27.4 Å². The van der Waals surface area contributed by atoms with Crippen molar-refractivity contribution >= 4 is 46.9 Å². The Bertz CT molecular complexity index is 1580. The van der Waals surface area contributed by atoms with E-state index in [1.165, 1.54) is 17.3 Å². The predicted octanol–water partition coefficient (Wildman–Crippen LogP) is 7.35. The third-order valence-corrected chi connectivity index (χ3v) is 7.36. The fourth-order valence-electron chi connectivity index (χ4n) is 4.14. The predicted molar refractivity (Wildman–Crippen MR) is 174 cm³/mol. The van der Waals surface area contributed by atoms with Crippen LogP contribution in [0.5, 0.6) is 5.75 Å². The van der Waals surface area contributed by atoms with Gasteiger partial charge >= 0.3 is 0 Å². The highest BCUT2D eigenvalue weighted by Crippen LogP contribution is 2.24. The van der Waals surface area contributed by atoms with Crippen molar-refractivity contribution in [1.82, 2.24) is 5.32 Å². The molecule has 7 nitrogen and oxygen atoms in total. The molecule has 0 heterocycles. The lowest BCUT2D eigenvalue weighted by atomic mass is 10.0. The van der Waals surface area contributed by atoms with Crippen molar-refractivity contribution in [2.24, 2.45) is 0 Å². The van der Waals surface area contributed by atoms with Crippen LogP contribution < -0.4 is 20.7 Å². The van der Waals surface area contributed by atoms with Gasteiger partial charge in [-0.1, -0.05) is 68.4 Å². The Morgan fingerprint density at radius 1 is 0.814 bits per heavy atom. The number of rotatable bonds is 12. The molecule has 0 saturated carbocycles. The molecule has 0 saturated heterocycles. The van der Waals surface area contributed by atoms with Crippen LogP contribution in [0.15, 0.2) is 114 Å². The largest absolute Gasteiger partial charge is 0.493 e. The van der Waals surface area contributed by atoms with E-state index in [0.717, 1.165) is 10.6 Å². The molecule has 0 aliphatic heterocycles. The van der Waals surface area contributed by atoms with Gasteiger partial charge in [-0.15, -0.1) is 11.8 Å². The second-order valence-electron chi connectivity index (χ2n) is 9.94. The quantitative estimate of drug-likeness (QED) is 0.118. The first-order valence-corrected chi connectivity index (χ1v) is 15.0. The maximum atomic E-state index is 13.5. The van der Waals surface area contributed by atoms with Crippen LogP contribution in [0.4, 0.5) is 11.4 Å². The molecular formula is C35H35N3O4S. The summed E-state index contributed by atoms with van der Waals surface area (Å²) in [6.45, 7) is 6.58. The summed E-state index contributed by atoms with van der Waals surface area (Å²) in [5, 5.41) is 8.55. The third-order valence-electron chi connectivity index (χ3n) is 6.37. The Morgan fingerprint density at radius 2 is 1.53 bits per heavy atom. The van der Waals surface area contributed by atoms with Gasteiger partial charge in [0.05, 0.1) is 12.4 Å². The number of hydrogen-bond acceptors (Lipinski definition) is 5. The van der Waals surface area contributed by atoms with E-state index in [1.807, 2.05) is 61.5 Å². The van der Waals surface area contributed by atoms with Gasteiger partial charge in [0.1, 0.15) is 11.4 Å². The van der Waals surface area contributed by atoms with Crippen molar-refractivity contribution in [3.63, 3.8) is 0 Å². The Kier molecular flexibility index (Phi) is 11.2. The Hall–Kier alpha value is -4.82. The van der Waals surface area contributed by atoms with Crippen molar-refractivity contribution in [2.75, 3.05) is 23.0 Å². The first-order valence-electron chi connectivity index (χ1n) is 14.1. The molecule has 0 spiro atoms. The summed E-state index contributed by atoms with van der Waals surface area (Å²) in [5.41, 5.74) is 3.62. The van der Waals surface area contributed by atoms with Gasteiger partial charge in [-0.3, -0.25) is 14.4 Å². The molecule has 0 aromatic heterocycles. The first-order chi connectivity index (χ1) is 20.8. The number of anilines is 2. The van der Waals surface area contributed by atoms with E-state index < -0.39 is 11.8 Å². The molecule has 3 N–H and O–H groups in total. The zero-order valence-corrected chi connectivity index (χ0v) is 25.2. The fourth-order valence-corrected chi connectivity index (χ4v) is 4.90. The second kappa shape index (κ2) is 15.4. The molecular weight excluding hydrogens is 558 g/mol. The third kappa shape index (κ3) is 9.34. The van der Waals surface area contributed by atoms with Crippen LogP contribution in [0.3, 0.4) is 0 Å². The monoisotopic (exact) mass is 593 g/mol. The number of nitrogens with one attached hydrogen (secondary N) is 3. The maximum absolute atomic E-state index is 13.5. The van der Waals surface area contributed by atoms with Gasteiger partial charge in [-0.2, -0.15) is 0 Å². The van der Waals surface area contributed by atoms with E-state index in [0.29, 0.717) is 35.1 Å². The van der Waals surface area contributed by atoms with Gasteiger partial charge in [0.15, 0.2) is 0 Å². The van der Waals surface area contributed by atoms with E-state index in [9.17, 15) is 14.4 Å². The van der Waals surface area contributed by atoms with Gasteiger partial charge in [0.2, 0.25) is 5.91 Å². The summed E-state index contributed by atoms with van der Waals surface area (Å²) in [5.74, 6) is 0.182. The molecule has 0 aliphatic carbocycles. The summed E-state index contributed by atoms with van der Waals surface area (Å²) in [4.78, 5) is 39.9. The molecule has 220 valence electrons. The van der Waals surface area contributed by atoms with E-state index in [1.54, 1.807) is 54.6 Å². The summed E-state index contributed by atoms with van der Waals surface area (Å²) in [6.07, 6.45) is 1.60. The van der Waals surface area contributed by atoms with Gasteiger partial charge < -0.3 is 20.7 Å². The molecule has 4 aromatic rings. The fraction of sp³-hybridized carbons (Fsp3) is 0.171. The van der Waals surface area contributed by atoms with Gasteiger partial charge in [0.25, 0.3) is 11.8 Å². The first kappa shape index (κ1) is 31.1. The highest BCUT2D eigenvalue weighted by atomic mass is 32.2. The second-order valence-corrected chi connectivity index (χ2v) is 11.0. The Labute approximate surface area is 256 Å². The number of amides is 3. The molecule has 8 heteroatoms. The minimum atomic E-state index is -0.500. The van der Waals surface area contributed by atoms with Crippen LogP contribution in [-0.4, -0.2) is 30.1 Å². The standard InChI is InChI=1S/C35H35N3O4S/c1-4-42-32-16-9-8-13-27(32)21-31(38-34(40)26-11-6-5-7-12-26)35(41)37-29-14-10-15-30(22-29)43-23-33(39)36-28-19-17-25(18-20-28)24(2)3/h5-22,24H,4,23H2,1-3H3,(H,36,39)(H,37,41)(H,38,40)/b31-21+. The number of benzene rings is 4. The Morgan fingerprint density at radius 3 is 2.26 bits per heavy atom. The number of carbonyl (C=O) groups is 3. The highest BCUT2D eigenvalue weighted by Gasteiger charge is 2.16. The summed E-state index contributed by atoms with van der Waals surface area (Å²) in [6, 6.07) is 31.0. The SMILES string of the molecule is CCOc1ccccc1/C=C(/NC(=O)c1ccccc1)C(=O)Nc1cccc(SCC(=O)Nc2ccc(C(C)C)cc2)c1. The van der Waals surface area contributed by atoms with Crippen LogP contribution in [0.2, 0.25) is 0 Å². The minimum Gasteiger partial charge on any atom is -0.493 e. The topological polar surface area (TPSA) is 96.5 Å². The van der Waals surface area contributed by atoms with Crippen molar-refractivity contribution in [1.29, 1.82) is 0 Å². The average molecular weight is 594 g/mol. The molecule has 0 aliphatic rings. The van der Waals surface area contributed by atoms with Crippen molar-refractivity contribution < 1.29 is 19.1 Å². The van der Waals surface area contributed by atoms with Gasteiger partial charge in [-0.05, 0) is 73.0 Å². The zero-order chi connectivity index (χ0) is 30.6. The number of ether oxygens (including phenoxy) is 1. The number of carbonyl (C=O) groups excluding carboxylic acids is 3. The summed E-state index contributed by atoms with van der Waals surface area (Å²) < 4.78 is 5.72. The van der Waals surface area contributed by atoms with Crippen LogP contribution in [0.1, 0.15) is 48.2 Å². The Balaban J connectivity index is 1.46. The molecule has 0 unspecified atom stereocenters. The normalized spacial score (nSPS) is 11.1. The number of para-hydroxylation sites is 1. The van der Waals surface area contributed by atoms with E-state index in [4.69, 9.17) is 4.74 Å². The van der Waals surface area contributed by atoms with Crippen LogP contribution >= 0.6 is 11.8 Å². The molecule has 4 rings (SSSR count). The molecule has 0 bridgehead atoms.